The van der Waals surface area contributed by atoms with Gasteiger partial charge in [-0.25, -0.2) is 0 Å². The van der Waals surface area contributed by atoms with Crippen molar-refractivity contribution in [2.75, 3.05) is 0 Å². The van der Waals surface area contributed by atoms with Crippen molar-refractivity contribution < 1.29 is 5.21 Å². The third-order valence-electron chi connectivity index (χ3n) is 2.37. The van der Waals surface area contributed by atoms with E-state index in [1.54, 1.807) is 0 Å². The number of rotatable bonds is 0. The monoisotopic (exact) mass is 156 g/mol. The number of nitrogens with zero attached hydrogens (tertiary/aromatic N) is 2. The van der Waals surface area contributed by atoms with Gasteiger partial charge in [0, 0.05) is 5.71 Å². The van der Waals surface area contributed by atoms with Gasteiger partial charge in [-0.2, -0.15) is 5.06 Å². The molecule has 0 fully saturated rings. The van der Waals surface area contributed by atoms with Crippen molar-refractivity contribution in [3.05, 3.63) is 0 Å². The Bertz CT molecular complexity index is 206. The molecule has 1 heterocycles. The van der Waals surface area contributed by atoms with Gasteiger partial charge in [0.15, 0.2) is 0 Å². The number of hydrogen-bond acceptors (Lipinski definition) is 3. The number of hydrogen-bond donors (Lipinski definition) is 1. The van der Waals surface area contributed by atoms with Gasteiger partial charge in [-0.15, -0.1) is 0 Å². The molecule has 0 saturated carbocycles. The van der Waals surface area contributed by atoms with Gasteiger partial charge in [0.2, 0.25) is 0 Å². The minimum absolute atomic E-state index is 0.316. The zero-order valence-corrected chi connectivity index (χ0v) is 7.84. The Hall–Kier alpha value is -0.410. The average Bonchev–Trinajstić information content (AvgIpc) is 1.94. The molecule has 0 bridgehead atoms. The van der Waals surface area contributed by atoms with Crippen molar-refractivity contribution >= 4 is 5.71 Å². The quantitative estimate of drug-likeness (QED) is 0.579. The third-order valence-corrected chi connectivity index (χ3v) is 2.37. The molecule has 0 aromatic rings. The van der Waals surface area contributed by atoms with Crippen LogP contribution in [0.4, 0.5) is 0 Å². The molecule has 0 amide bonds. The van der Waals surface area contributed by atoms with Gasteiger partial charge in [0.25, 0.3) is 0 Å². The Morgan fingerprint density at radius 2 is 1.73 bits per heavy atom. The molecule has 0 aromatic carbocycles. The van der Waals surface area contributed by atoms with E-state index in [4.69, 9.17) is 0 Å². The van der Waals surface area contributed by atoms with E-state index in [0.717, 1.165) is 5.71 Å². The van der Waals surface area contributed by atoms with Gasteiger partial charge in [-0.05, 0) is 34.6 Å². The molecule has 1 N–H and O–H groups in total. The van der Waals surface area contributed by atoms with Gasteiger partial charge in [-0.3, -0.25) is 4.99 Å². The molecule has 1 aliphatic heterocycles. The van der Waals surface area contributed by atoms with Crippen LogP contribution in [0.2, 0.25) is 0 Å². The molecular formula is C8H16N2O. The molecule has 64 valence electrons. The standard InChI is InChI=1S/C8H16N2O/c1-6-7(2,3)10(11)8(4,5)9-6/h11H,1-5H3. The van der Waals surface area contributed by atoms with Crippen LogP contribution >= 0.6 is 0 Å². The molecule has 0 radical (unpaired) electrons. The first-order chi connectivity index (χ1) is 4.78. The van der Waals surface area contributed by atoms with Crippen LogP contribution in [0.1, 0.15) is 34.6 Å². The van der Waals surface area contributed by atoms with Gasteiger partial charge < -0.3 is 5.21 Å². The molecule has 1 aliphatic rings. The lowest BCUT2D eigenvalue weighted by Gasteiger charge is -2.33. The maximum absolute atomic E-state index is 9.67. The van der Waals surface area contributed by atoms with Crippen LogP contribution in [0.15, 0.2) is 4.99 Å². The fraction of sp³-hybridized carbons (Fsp3) is 0.875. The second-order valence-electron chi connectivity index (χ2n) is 4.06. The summed E-state index contributed by atoms with van der Waals surface area (Å²) < 4.78 is 0. The van der Waals surface area contributed by atoms with Gasteiger partial charge in [0.05, 0.1) is 5.54 Å². The molecule has 0 spiro atoms. The van der Waals surface area contributed by atoms with Crippen molar-refractivity contribution in [2.45, 2.75) is 45.8 Å². The first-order valence-electron chi connectivity index (χ1n) is 3.84. The number of aliphatic imine (C=N–C) groups is 1. The first-order valence-corrected chi connectivity index (χ1v) is 3.84. The zero-order chi connectivity index (χ0) is 8.86. The third kappa shape index (κ3) is 1.08. The summed E-state index contributed by atoms with van der Waals surface area (Å²) in [6.45, 7) is 9.65. The van der Waals surface area contributed by atoms with E-state index in [0.29, 0.717) is 0 Å². The second-order valence-corrected chi connectivity index (χ2v) is 4.06. The average molecular weight is 156 g/mol. The maximum atomic E-state index is 9.67. The summed E-state index contributed by atoms with van der Waals surface area (Å²) >= 11 is 0. The Morgan fingerprint density at radius 3 is 1.82 bits per heavy atom. The highest BCUT2D eigenvalue weighted by molar-refractivity contribution is 5.92. The van der Waals surface area contributed by atoms with E-state index in [9.17, 15) is 5.21 Å². The molecule has 11 heavy (non-hydrogen) atoms. The summed E-state index contributed by atoms with van der Waals surface area (Å²) in [7, 11) is 0. The van der Waals surface area contributed by atoms with Crippen molar-refractivity contribution in [2.24, 2.45) is 4.99 Å². The van der Waals surface area contributed by atoms with Gasteiger partial charge in [-0.1, -0.05) is 0 Å². The lowest BCUT2D eigenvalue weighted by molar-refractivity contribution is -0.188. The predicted molar refractivity (Wildman–Crippen MR) is 44.9 cm³/mol. The summed E-state index contributed by atoms with van der Waals surface area (Å²) in [4.78, 5) is 4.35. The second kappa shape index (κ2) is 2.05. The van der Waals surface area contributed by atoms with Crippen LogP contribution in [-0.2, 0) is 0 Å². The predicted octanol–water partition coefficient (Wildman–Crippen LogP) is 1.67. The Labute approximate surface area is 67.7 Å². The maximum Gasteiger partial charge on any atom is 0.130 e. The molecular weight excluding hydrogens is 140 g/mol. The van der Waals surface area contributed by atoms with E-state index in [1.807, 2.05) is 34.6 Å². The minimum Gasteiger partial charge on any atom is -0.311 e. The zero-order valence-electron chi connectivity index (χ0n) is 7.84. The topological polar surface area (TPSA) is 35.8 Å². The Balaban J connectivity index is 3.04. The van der Waals surface area contributed by atoms with Crippen LogP contribution in [-0.4, -0.2) is 27.2 Å². The largest absolute Gasteiger partial charge is 0.311 e. The summed E-state index contributed by atoms with van der Waals surface area (Å²) in [5.74, 6) is 0. The van der Waals surface area contributed by atoms with Crippen LogP contribution in [0.3, 0.4) is 0 Å². The Kier molecular flexibility index (Phi) is 1.62. The van der Waals surface area contributed by atoms with Gasteiger partial charge in [0.1, 0.15) is 5.66 Å². The normalized spacial score (nSPS) is 28.7. The highest BCUT2D eigenvalue weighted by Crippen LogP contribution is 2.32. The lowest BCUT2D eigenvalue weighted by Crippen LogP contribution is -2.49. The summed E-state index contributed by atoms with van der Waals surface area (Å²) in [5, 5.41) is 11.0. The van der Waals surface area contributed by atoms with E-state index in [-0.39, 0.29) is 5.54 Å². The molecule has 0 unspecified atom stereocenters. The molecule has 0 aromatic heterocycles. The molecule has 1 rings (SSSR count). The highest BCUT2D eigenvalue weighted by Gasteiger charge is 2.44. The van der Waals surface area contributed by atoms with Crippen LogP contribution in [0.25, 0.3) is 0 Å². The first kappa shape index (κ1) is 8.68. The van der Waals surface area contributed by atoms with E-state index < -0.39 is 5.66 Å². The van der Waals surface area contributed by atoms with Gasteiger partial charge >= 0.3 is 0 Å². The van der Waals surface area contributed by atoms with E-state index in [2.05, 4.69) is 4.99 Å². The van der Waals surface area contributed by atoms with Crippen molar-refractivity contribution in [3.63, 3.8) is 0 Å². The van der Waals surface area contributed by atoms with Crippen LogP contribution in [0.5, 0.6) is 0 Å². The molecule has 3 heteroatoms. The van der Waals surface area contributed by atoms with Crippen LogP contribution < -0.4 is 0 Å². The fourth-order valence-electron chi connectivity index (χ4n) is 1.43. The Morgan fingerprint density at radius 1 is 1.27 bits per heavy atom. The van der Waals surface area contributed by atoms with Crippen molar-refractivity contribution in [1.82, 2.24) is 5.06 Å². The van der Waals surface area contributed by atoms with Crippen molar-refractivity contribution in [3.8, 4) is 0 Å². The van der Waals surface area contributed by atoms with E-state index >= 15 is 0 Å². The highest BCUT2D eigenvalue weighted by atomic mass is 16.5. The van der Waals surface area contributed by atoms with E-state index in [1.165, 1.54) is 5.06 Å². The summed E-state index contributed by atoms with van der Waals surface area (Å²) in [5.41, 5.74) is 0.196. The SMILES string of the molecule is CC1=NC(C)(C)N(O)C1(C)C. The van der Waals surface area contributed by atoms with Crippen LogP contribution in [0, 0.1) is 0 Å². The molecule has 3 nitrogen and oxygen atoms in total. The number of hydroxylamine groups is 2. The lowest BCUT2D eigenvalue weighted by atomic mass is 10.0. The summed E-state index contributed by atoms with van der Waals surface area (Å²) in [6.07, 6.45) is 0. The molecule has 0 atom stereocenters. The van der Waals surface area contributed by atoms with Crippen molar-refractivity contribution in [1.29, 1.82) is 0 Å². The summed E-state index contributed by atoms with van der Waals surface area (Å²) in [6, 6.07) is 0. The smallest absolute Gasteiger partial charge is 0.130 e. The molecule has 0 aliphatic carbocycles. The molecule has 0 saturated heterocycles. The fourth-order valence-corrected chi connectivity index (χ4v) is 1.43. The minimum atomic E-state index is -0.465.